The average Bonchev–Trinajstić information content (AvgIpc) is 2.17. The standard InChI is InChI=1S/C7H9N3O4S/c1-5(7(11)12)15(13,14)10-6-2-8-4-9-3-6/h2-5,10H,1H3,(H,11,12). The fourth-order valence-corrected chi connectivity index (χ4v) is 1.61. The van der Waals surface area contributed by atoms with Gasteiger partial charge in [-0.15, -0.1) is 0 Å². The van der Waals surface area contributed by atoms with Crippen LogP contribution in [0.3, 0.4) is 0 Å². The van der Waals surface area contributed by atoms with E-state index in [1.807, 2.05) is 0 Å². The fraction of sp³-hybridized carbons (Fsp3) is 0.286. The number of sulfonamides is 1. The minimum atomic E-state index is -3.94. The Morgan fingerprint density at radius 1 is 1.47 bits per heavy atom. The van der Waals surface area contributed by atoms with Crippen LogP contribution in [0, 0.1) is 0 Å². The van der Waals surface area contributed by atoms with E-state index in [-0.39, 0.29) is 5.69 Å². The summed E-state index contributed by atoms with van der Waals surface area (Å²) in [6.45, 7) is 1.08. The van der Waals surface area contributed by atoms with E-state index < -0.39 is 21.2 Å². The first-order valence-corrected chi connectivity index (χ1v) is 5.47. The Kier molecular flexibility index (Phi) is 3.20. The molecular weight excluding hydrogens is 222 g/mol. The Balaban J connectivity index is 2.87. The third-order valence-corrected chi connectivity index (χ3v) is 3.29. The minimum absolute atomic E-state index is 0.130. The van der Waals surface area contributed by atoms with Gasteiger partial charge in [-0.1, -0.05) is 0 Å². The molecule has 1 heterocycles. The molecule has 0 radical (unpaired) electrons. The lowest BCUT2D eigenvalue weighted by molar-refractivity contribution is -0.136. The molecule has 0 aromatic carbocycles. The number of nitrogens with zero attached hydrogens (tertiary/aromatic N) is 2. The molecule has 8 heteroatoms. The second-order valence-corrected chi connectivity index (χ2v) is 4.76. The second-order valence-electron chi connectivity index (χ2n) is 2.75. The molecule has 0 bridgehead atoms. The molecule has 1 rings (SSSR count). The predicted octanol–water partition coefficient (Wildman–Crippen LogP) is -0.309. The molecule has 0 saturated heterocycles. The lowest BCUT2D eigenvalue weighted by Gasteiger charge is -2.09. The van der Waals surface area contributed by atoms with Crippen molar-refractivity contribution in [2.24, 2.45) is 0 Å². The first-order chi connectivity index (χ1) is 6.93. The van der Waals surface area contributed by atoms with Crippen molar-refractivity contribution in [2.75, 3.05) is 4.72 Å². The normalized spacial score (nSPS) is 13.1. The first-order valence-electron chi connectivity index (χ1n) is 3.93. The summed E-state index contributed by atoms with van der Waals surface area (Å²) in [5, 5.41) is 7.02. The zero-order valence-corrected chi connectivity index (χ0v) is 8.60. The lowest BCUT2D eigenvalue weighted by Crippen LogP contribution is -2.32. The smallest absolute Gasteiger partial charge is 0.323 e. The third-order valence-electron chi connectivity index (χ3n) is 1.63. The molecule has 0 saturated carbocycles. The van der Waals surface area contributed by atoms with Crippen molar-refractivity contribution in [2.45, 2.75) is 12.2 Å². The van der Waals surface area contributed by atoms with Crippen molar-refractivity contribution >= 4 is 21.7 Å². The zero-order chi connectivity index (χ0) is 11.5. The molecule has 1 aromatic heterocycles. The molecule has 0 spiro atoms. The van der Waals surface area contributed by atoms with E-state index in [2.05, 4.69) is 14.7 Å². The van der Waals surface area contributed by atoms with Crippen molar-refractivity contribution in [3.05, 3.63) is 18.7 Å². The van der Waals surface area contributed by atoms with Gasteiger partial charge in [-0.3, -0.25) is 9.52 Å². The van der Waals surface area contributed by atoms with E-state index in [0.717, 1.165) is 6.92 Å². The largest absolute Gasteiger partial charge is 0.480 e. The van der Waals surface area contributed by atoms with Crippen LogP contribution in [0.4, 0.5) is 5.69 Å². The van der Waals surface area contributed by atoms with Crippen molar-refractivity contribution in [1.29, 1.82) is 0 Å². The molecule has 15 heavy (non-hydrogen) atoms. The number of anilines is 1. The van der Waals surface area contributed by atoms with Crippen LogP contribution in [0.2, 0.25) is 0 Å². The Morgan fingerprint density at radius 3 is 2.47 bits per heavy atom. The van der Waals surface area contributed by atoms with Gasteiger partial charge in [0.1, 0.15) is 6.33 Å². The predicted molar refractivity (Wildman–Crippen MR) is 51.7 cm³/mol. The molecule has 0 aliphatic carbocycles. The molecule has 0 aliphatic heterocycles. The highest BCUT2D eigenvalue weighted by Crippen LogP contribution is 2.08. The molecule has 0 amide bonds. The summed E-state index contributed by atoms with van der Waals surface area (Å²) < 4.78 is 24.9. The Morgan fingerprint density at radius 2 is 2.00 bits per heavy atom. The Bertz CT molecular complexity index is 445. The summed E-state index contributed by atoms with van der Waals surface area (Å²) in [6.07, 6.45) is 3.71. The van der Waals surface area contributed by atoms with E-state index in [0.29, 0.717) is 0 Å². The van der Waals surface area contributed by atoms with Gasteiger partial charge in [-0.2, -0.15) is 0 Å². The molecule has 1 unspecified atom stereocenters. The van der Waals surface area contributed by atoms with Crippen LogP contribution in [0.1, 0.15) is 6.92 Å². The number of rotatable bonds is 4. The van der Waals surface area contributed by atoms with Crippen LogP contribution in [-0.2, 0) is 14.8 Å². The van der Waals surface area contributed by atoms with Crippen LogP contribution in [0.25, 0.3) is 0 Å². The highest BCUT2D eigenvalue weighted by atomic mass is 32.2. The van der Waals surface area contributed by atoms with Gasteiger partial charge in [0.25, 0.3) is 0 Å². The molecular formula is C7H9N3O4S. The molecule has 1 atom stereocenters. The fourth-order valence-electron chi connectivity index (χ4n) is 0.737. The summed E-state index contributed by atoms with van der Waals surface area (Å²) in [6, 6.07) is 0. The van der Waals surface area contributed by atoms with Gasteiger partial charge >= 0.3 is 5.97 Å². The Hall–Kier alpha value is -1.70. The zero-order valence-electron chi connectivity index (χ0n) is 7.78. The van der Waals surface area contributed by atoms with Crippen LogP contribution in [0.5, 0.6) is 0 Å². The minimum Gasteiger partial charge on any atom is -0.480 e. The van der Waals surface area contributed by atoms with E-state index in [1.54, 1.807) is 0 Å². The van der Waals surface area contributed by atoms with Crippen molar-refractivity contribution in [3.8, 4) is 0 Å². The van der Waals surface area contributed by atoms with E-state index in [4.69, 9.17) is 5.11 Å². The van der Waals surface area contributed by atoms with Crippen molar-refractivity contribution in [3.63, 3.8) is 0 Å². The average molecular weight is 231 g/mol. The van der Waals surface area contributed by atoms with Crippen molar-refractivity contribution < 1.29 is 18.3 Å². The number of aliphatic carboxylic acids is 1. The number of hydrogen-bond donors (Lipinski definition) is 2. The van der Waals surface area contributed by atoms with Gasteiger partial charge < -0.3 is 5.11 Å². The van der Waals surface area contributed by atoms with E-state index >= 15 is 0 Å². The highest BCUT2D eigenvalue weighted by Gasteiger charge is 2.27. The maximum atomic E-state index is 11.4. The lowest BCUT2D eigenvalue weighted by atomic mass is 10.5. The van der Waals surface area contributed by atoms with Crippen molar-refractivity contribution in [1.82, 2.24) is 9.97 Å². The van der Waals surface area contributed by atoms with Crippen LogP contribution < -0.4 is 4.72 Å². The monoisotopic (exact) mass is 231 g/mol. The summed E-state index contributed by atoms with van der Waals surface area (Å²) in [7, 11) is -3.94. The molecule has 0 fully saturated rings. The van der Waals surface area contributed by atoms with Gasteiger partial charge in [-0.05, 0) is 6.92 Å². The summed E-state index contributed by atoms with van der Waals surface area (Å²) in [5.41, 5.74) is 0.130. The molecule has 7 nitrogen and oxygen atoms in total. The molecule has 2 N–H and O–H groups in total. The third kappa shape index (κ3) is 2.88. The molecule has 1 aromatic rings. The van der Waals surface area contributed by atoms with Gasteiger partial charge in [0, 0.05) is 0 Å². The summed E-state index contributed by atoms with van der Waals surface area (Å²) >= 11 is 0. The summed E-state index contributed by atoms with van der Waals surface area (Å²) in [5.74, 6) is -1.42. The number of carbonyl (C=O) groups is 1. The van der Waals surface area contributed by atoms with Crippen LogP contribution >= 0.6 is 0 Å². The maximum Gasteiger partial charge on any atom is 0.323 e. The van der Waals surface area contributed by atoms with Gasteiger partial charge in [-0.25, -0.2) is 18.4 Å². The van der Waals surface area contributed by atoms with Crippen LogP contribution in [-0.4, -0.2) is 34.7 Å². The molecule has 82 valence electrons. The summed E-state index contributed by atoms with van der Waals surface area (Å²) in [4.78, 5) is 17.7. The van der Waals surface area contributed by atoms with Gasteiger partial charge in [0.2, 0.25) is 10.0 Å². The first kappa shape index (κ1) is 11.4. The van der Waals surface area contributed by atoms with Gasteiger partial charge in [0.15, 0.2) is 5.25 Å². The number of carboxylic acids is 1. The quantitative estimate of drug-likeness (QED) is 0.735. The SMILES string of the molecule is CC(C(=O)O)S(=O)(=O)Nc1cncnc1. The van der Waals surface area contributed by atoms with E-state index in [9.17, 15) is 13.2 Å². The topological polar surface area (TPSA) is 109 Å². The number of nitrogens with one attached hydrogen (secondary N) is 1. The highest BCUT2D eigenvalue weighted by molar-refractivity contribution is 7.94. The van der Waals surface area contributed by atoms with E-state index in [1.165, 1.54) is 18.7 Å². The van der Waals surface area contributed by atoms with Crippen LogP contribution in [0.15, 0.2) is 18.7 Å². The van der Waals surface area contributed by atoms with Gasteiger partial charge in [0.05, 0.1) is 18.1 Å². The number of carboxylic acid groups (broad SMARTS) is 1. The number of hydrogen-bond acceptors (Lipinski definition) is 5. The Labute approximate surface area is 86.2 Å². The second kappa shape index (κ2) is 4.22. The maximum absolute atomic E-state index is 11.4. The number of aromatic nitrogens is 2. The molecule has 0 aliphatic rings.